The van der Waals surface area contributed by atoms with Gasteiger partial charge in [-0.1, -0.05) is 0 Å². The molecular weight excluding hydrogens is 218 g/mol. The van der Waals surface area contributed by atoms with Crippen molar-refractivity contribution < 1.29 is 9.84 Å². The first-order chi connectivity index (χ1) is 8.28. The molecule has 0 aliphatic carbocycles. The zero-order valence-corrected chi connectivity index (χ0v) is 9.41. The van der Waals surface area contributed by atoms with Gasteiger partial charge in [0, 0.05) is 6.54 Å². The van der Waals surface area contributed by atoms with Crippen LogP contribution in [0.1, 0.15) is 6.42 Å². The minimum Gasteiger partial charge on any atom is -0.508 e. The van der Waals surface area contributed by atoms with Crippen molar-refractivity contribution in [1.29, 1.82) is 0 Å². The standard InChI is InChI=1S/C12H15N3O2/c13-6-1-7-15-9-12(8-14-15)17-11-4-2-10(16)3-5-11/h2-5,8-9,16H,1,6-7,13H2. The van der Waals surface area contributed by atoms with Crippen molar-refractivity contribution in [3.8, 4) is 17.2 Å². The van der Waals surface area contributed by atoms with Gasteiger partial charge in [0.05, 0.1) is 12.4 Å². The average molecular weight is 233 g/mol. The number of nitrogens with two attached hydrogens (primary N) is 1. The lowest BCUT2D eigenvalue weighted by atomic mass is 10.3. The molecule has 2 rings (SSSR count). The average Bonchev–Trinajstić information content (AvgIpc) is 2.77. The highest BCUT2D eigenvalue weighted by molar-refractivity contribution is 5.33. The Kier molecular flexibility index (Phi) is 3.62. The van der Waals surface area contributed by atoms with E-state index in [2.05, 4.69) is 5.10 Å². The lowest BCUT2D eigenvalue weighted by Gasteiger charge is -2.02. The van der Waals surface area contributed by atoms with Crippen molar-refractivity contribution in [2.75, 3.05) is 6.54 Å². The molecule has 1 heterocycles. The molecule has 0 saturated carbocycles. The molecule has 0 aliphatic heterocycles. The first-order valence-electron chi connectivity index (χ1n) is 5.47. The molecule has 2 aromatic rings. The van der Waals surface area contributed by atoms with Gasteiger partial charge in [-0.2, -0.15) is 5.10 Å². The molecule has 17 heavy (non-hydrogen) atoms. The molecule has 0 atom stereocenters. The van der Waals surface area contributed by atoms with Crippen molar-refractivity contribution in [3.05, 3.63) is 36.7 Å². The smallest absolute Gasteiger partial charge is 0.165 e. The zero-order chi connectivity index (χ0) is 12.1. The van der Waals surface area contributed by atoms with Crippen LogP contribution in [-0.2, 0) is 6.54 Å². The predicted molar refractivity (Wildman–Crippen MR) is 64.1 cm³/mol. The molecule has 3 N–H and O–H groups in total. The largest absolute Gasteiger partial charge is 0.508 e. The monoisotopic (exact) mass is 233 g/mol. The molecule has 0 saturated heterocycles. The number of phenolic OH excluding ortho intramolecular Hbond substituents is 1. The van der Waals surface area contributed by atoms with E-state index in [0.717, 1.165) is 13.0 Å². The zero-order valence-electron chi connectivity index (χ0n) is 9.41. The molecule has 90 valence electrons. The second-order valence-corrected chi connectivity index (χ2v) is 3.68. The van der Waals surface area contributed by atoms with E-state index in [1.165, 1.54) is 0 Å². The third-order valence-electron chi connectivity index (χ3n) is 2.27. The summed E-state index contributed by atoms with van der Waals surface area (Å²) in [7, 11) is 0. The van der Waals surface area contributed by atoms with Crippen molar-refractivity contribution >= 4 is 0 Å². The molecule has 0 amide bonds. The predicted octanol–water partition coefficient (Wildman–Crippen LogP) is 1.73. The Labute approximate surface area is 99.4 Å². The van der Waals surface area contributed by atoms with E-state index in [4.69, 9.17) is 15.6 Å². The van der Waals surface area contributed by atoms with Crippen molar-refractivity contribution in [3.63, 3.8) is 0 Å². The van der Waals surface area contributed by atoms with Gasteiger partial charge in [-0.25, -0.2) is 0 Å². The number of hydrogen-bond donors (Lipinski definition) is 2. The summed E-state index contributed by atoms with van der Waals surface area (Å²) in [5.41, 5.74) is 5.42. The highest BCUT2D eigenvalue weighted by atomic mass is 16.5. The first-order valence-corrected chi connectivity index (χ1v) is 5.47. The summed E-state index contributed by atoms with van der Waals surface area (Å²) in [6.45, 7) is 1.43. The molecule has 0 fully saturated rings. The fourth-order valence-electron chi connectivity index (χ4n) is 1.42. The Bertz CT molecular complexity index is 465. The van der Waals surface area contributed by atoms with E-state index < -0.39 is 0 Å². The molecule has 0 aliphatic rings. The van der Waals surface area contributed by atoms with Crippen molar-refractivity contribution in [1.82, 2.24) is 9.78 Å². The molecule has 1 aromatic carbocycles. The number of rotatable bonds is 5. The Morgan fingerprint density at radius 1 is 1.24 bits per heavy atom. The SMILES string of the molecule is NCCCn1cc(Oc2ccc(O)cc2)cn1. The van der Waals surface area contributed by atoms with Crippen LogP contribution in [0.15, 0.2) is 36.7 Å². The van der Waals surface area contributed by atoms with Crippen LogP contribution in [0.4, 0.5) is 0 Å². The Balaban J connectivity index is 1.98. The molecular formula is C12H15N3O2. The maximum absolute atomic E-state index is 9.14. The minimum absolute atomic E-state index is 0.219. The van der Waals surface area contributed by atoms with Crippen LogP contribution in [-0.4, -0.2) is 21.4 Å². The van der Waals surface area contributed by atoms with E-state index in [1.54, 1.807) is 35.1 Å². The van der Waals surface area contributed by atoms with Gasteiger partial charge in [0.25, 0.3) is 0 Å². The number of hydrogen-bond acceptors (Lipinski definition) is 4. The van der Waals surface area contributed by atoms with Gasteiger partial charge in [-0.15, -0.1) is 0 Å². The topological polar surface area (TPSA) is 73.3 Å². The van der Waals surface area contributed by atoms with Crippen molar-refractivity contribution in [2.45, 2.75) is 13.0 Å². The highest BCUT2D eigenvalue weighted by Gasteiger charge is 2.01. The lowest BCUT2D eigenvalue weighted by Crippen LogP contribution is -2.05. The molecule has 5 nitrogen and oxygen atoms in total. The van der Waals surface area contributed by atoms with Gasteiger partial charge in [0.1, 0.15) is 11.5 Å². The van der Waals surface area contributed by atoms with Gasteiger partial charge in [0.15, 0.2) is 5.75 Å². The van der Waals surface area contributed by atoms with Crippen LogP contribution < -0.4 is 10.5 Å². The summed E-state index contributed by atoms with van der Waals surface area (Å²) in [5.74, 6) is 1.56. The van der Waals surface area contributed by atoms with Crippen molar-refractivity contribution in [2.24, 2.45) is 5.73 Å². The van der Waals surface area contributed by atoms with Crippen LogP contribution >= 0.6 is 0 Å². The van der Waals surface area contributed by atoms with Gasteiger partial charge in [0.2, 0.25) is 0 Å². The summed E-state index contributed by atoms with van der Waals surface area (Å²) in [4.78, 5) is 0. The number of benzene rings is 1. The number of nitrogens with zero attached hydrogens (tertiary/aromatic N) is 2. The number of phenols is 1. The first kappa shape index (κ1) is 11.5. The minimum atomic E-state index is 0.219. The summed E-state index contributed by atoms with van der Waals surface area (Å²) < 4.78 is 7.36. The molecule has 1 aromatic heterocycles. The lowest BCUT2D eigenvalue weighted by molar-refractivity contribution is 0.463. The third kappa shape index (κ3) is 3.22. The quantitative estimate of drug-likeness (QED) is 0.824. The summed E-state index contributed by atoms with van der Waals surface area (Å²) >= 11 is 0. The van der Waals surface area contributed by atoms with Crippen LogP contribution in [0.5, 0.6) is 17.2 Å². The normalized spacial score (nSPS) is 10.4. The number of ether oxygens (including phenoxy) is 1. The maximum Gasteiger partial charge on any atom is 0.165 e. The van der Waals surface area contributed by atoms with E-state index in [1.807, 2.05) is 6.20 Å². The highest BCUT2D eigenvalue weighted by Crippen LogP contribution is 2.22. The molecule has 0 spiro atoms. The third-order valence-corrected chi connectivity index (χ3v) is 2.27. The van der Waals surface area contributed by atoms with Crippen LogP contribution in [0.25, 0.3) is 0 Å². The number of aromatic nitrogens is 2. The fraction of sp³-hybridized carbons (Fsp3) is 0.250. The van der Waals surface area contributed by atoms with E-state index in [9.17, 15) is 0 Å². The summed E-state index contributed by atoms with van der Waals surface area (Å²) in [6.07, 6.45) is 4.37. The molecule has 0 bridgehead atoms. The Morgan fingerprint density at radius 3 is 2.71 bits per heavy atom. The van der Waals surface area contributed by atoms with Gasteiger partial charge < -0.3 is 15.6 Å². The van der Waals surface area contributed by atoms with E-state index in [-0.39, 0.29) is 5.75 Å². The van der Waals surface area contributed by atoms with Crippen LogP contribution in [0.2, 0.25) is 0 Å². The Morgan fingerprint density at radius 2 is 2.00 bits per heavy atom. The summed E-state index contributed by atoms with van der Waals surface area (Å²) in [5, 5.41) is 13.3. The Hall–Kier alpha value is -2.01. The number of aryl methyl sites for hydroxylation is 1. The second-order valence-electron chi connectivity index (χ2n) is 3.68. The summed E-state index contributed by atoms with van der Waals surface area (Å²) in [6, 6.07) is 6.56. The van der Waals surface area contributed by atoms with Crippen LogP contribution in [0.3, 0.4) is 0 Å². The molecule has 0 unspecified atom stereocenters. The molecule has 5 heteroatoms. The van der Waals surface area contributed by atoms with Crippen LogP contribution in [0, 0.1) is 0 Å². The van der Waals surface area contributed by atoms with Gasteiger partial charge >= 0.3 is 0 Å². The van der Waals surface area contributed by atoms with Gasteiger partial charge in [-0.3, -0.25) is 4.68 Å². The van der Waals surface area contributed by atoms with E-state index >= 15 is 0 Å². The number of aromatic hydroxyl groups is 1. The van der Waals surface area contributed by atoms with Gasteiger partial charge in [-0.05, 0) is 37.2 Å². The van der Waals surface area contributed by atoms with E-state index in [0.29, 0.717) is 18.0 Å². The fourth-order valence-corrected chi connectivity index (χ4v) is 1.42. The molecule has 0 radical (unpaired) electrons. The second kappa shape index (κ2) is 5.36. The maximum atomic E-state index is 9.14.